The highest BCUT2D eigenvalue weighted by Crippen LogP contribution is 2.13. The largest absolute Gasteiger partial charge is 0.250 e. The van der Waals surface area contributed by atoms with Crippen LogP contribution in [0.4, 0.5) is 0 Å². The molecule has 0 atom stereocenters. The van der Waals surface area contributed by atoms with Crippen LogP contribution in [-0.4, -0.2) is 21.1 Å². The summed E-state index contributed by atoms with van der Waals surface area (Å²) >= 11 is 5.07. The van der Waals surface area contributed by atoms with Gasteiger partial charge in [-0.2, -0.15) is 14.9 Å². The molecule has 94 valence electrons. The summed E-state index contributed by atoms with van der Waals surface area (Å²) in [7, 11) is 0. The Morgan fingerprint density at radius 2 is 2.00 bits per heavy atom. The number of nitrogens with zero attached hydrogens (tertiary/aromatic N) is 3. The number of hydrogen-bond donors (Lipinski definition) is 1. The second kappa shape index (κ2) is 5.27. The average molecular weight is 260 g/mol. The fourth-order valence-corrected chi connectivity index (χ4v) is 1.82. The van der Waals surface area contributed by atoms with Crippen molar-refractivity contribution in [1.82, 2.24) is 14.9 Å². The Morgan fingerprint density at radius 1 is 1.33 bits per heavy atom. The van der Waals surface area contributed by atoms with Crippen molar-refractivity contribution in [3.8, 4) is 0 Å². The van der Waals surface area contributed by atoms with Crippen molar-refractivity contribution in [3.05, 3.63) is 46.0 Å². The van der Waals surface area contributed by atoms with Crippen LogP contribution in [0.15, 0.2) is 29.4 Å². The van der Waals surface area contributed by atoms with Gasteiger partial charge in [0.2, 0.25) is 4.77 Å². The van der Waals surface area contributed by atoms with Crippen molar-refractivity contribution in [2.75, 3.05) is 0 Å². The molecule has 0 aliphatic carbocycles. The summed E-state index contributed by atoms with van der Waals surface area (Å²) in [5.74, 6) is 1.29. The van der Waals surface area contributed by atoms with E-state index < -0.39 is 0 Å². The average Bonchev–Trinajstić information content (AvgIpc) is 2.67. The molecule has 5 heteroatoms. The summed E-state index contributed by atoms with van der Waals surface area (Å²) in [6.45, 7) is 6.21. The zero-order valence-corrected chi connectivity index (χ0v) is 11.5. The van der Waals surface area contributed by atoms with Gasteiger partial charge in [-0.25, -0.2) is 0 Å². The molecule has 1 aromatic carbocycles. The molecule has 0 aliphatic heterocycles. The molecule has 2 aromatic rings. The molecule has 1 aromatic heterocycles. The van der Waals surface area contributed by atoms with Gasteiger partial charge >= 0.3 is 0 Å². The fraction of sp³-hybridized carbons (Fsp3) is 0.308. The SMILES string of the molecule is Cc1n[nH]c(=S)n1/N=C/c1ccc(C(C)C)cc1. The maximum atomic E-state index is 5.07. The normalized spacial score (nSPS) is 11.6. The Morgan fingerprint density at radius 3 is 2.50 bits per heavy atom. The van der Waals surface area contributed by atoms with Crippen molar-refractivity contribution in [2.45, 2.75) is 26.7 Å². The predicted molar refractivity (Wildman–Crippen MR) is 75.7 cm³/mol. The van der Waals surface area contributed by atoms with Gasteiger partial charge in [0.1, 0.15) is 5.82 Å². The molecule has 2 rings (SSSR count). The van der Waals surface area contributed by atoms with Crippen molar-refractivity contribution < 1.29 is 0 Å². The Bertz CT molecular complexity index is 605. The van der Waals surface area contributed by atoms with Gasteiger partial charge in [-0.15, -0.1) is 0 Å². The van der Waals surface area contributed by atoms with E-state index in [9.17, 15) is 0 Å². The third-order valence-electron chi connectivity index (χ3n) is 2.74. The number of aromatic amines is 1. The number of aromatic nitrogens is 3. The second-order valence-corrected chi connectivity index (χ2v) is 4.84. The van der Waals surface area contributed by atoms with Crippen LogP contribution >= 0.6 is 12.2 Å². The third kappa shape index (κ3) is 2.73. The first kappa shape index (κ1) is 12.7. The number of nitrogens with one attached hydrogen (secondary N) is 1. The van der Waals surface area contributed by atoms with Gasteiger partial charge in [-0.1, -0.05) is 38.1 Å². The van der Waals surface area contributed by atoms with Gasteiger partial charge in [-0.3, -0.25) is 5.10 Å². The summed E-state index contributed by atoms with van der Waals surface area (Å²) in [6.07, 6.45) is 1.78. The van der Waals surface area contributed by atoms with Crippen LogP contribution in [0, 0.1) is 11.7 Å². The molecule has 0 aliphatic rings. The molecule has 1 heterocycles. The van der Waals surface area contributed by atoms with Gasteiger partial charge < -0.3 is 0 Å². The molecule has 0 bridgehead atoms. The number of aryl methyl sites for hydroxylation is 1. The van der Waals surface area contributed by atoms with E-state index in [-0.39, 0.29) is 0 Å². The van der Waals surface area contributed by atoms with Crippen molar-refractivity contribution in [1.29, 1.82) is 0 Å². The molecule has 4 nitrogen and oxygen atoms in total. The summed E-state index contributed by atoms with van der Waals surface area (Å²) in [6, 6.07) is 8.34. The van der Waals surface area contributed by atoms with Crippen molar-refractivity contribution >= 4 is 18.4 Å². The highest BCUT2D eigenvalue weighted by Gasteiger charge is 1.99. The predicted octanol–water partition coefficient (Wildman–Crippen LogP) is 3.25. The van der Waals surface area contributed by atoms with Crippen LogP contribution in [0.5, 0.6) is 0 Å². The summed E-state index contributed by atoms with van der Waals surface area (Å²) in [5, 5.41) is 11.0. The molecule has 1 N–H and O–H groups in total. The van der Waals surface area contributed by atoms with Gasteiger partial charge in [0.15, 0.2) is 0 Å². The standard InChI is InChI=1S/C13H16N4S/c1-9(2)12-6-4-11(5-7-12)8-14-17-10(3)15-16-13(17)18/h4-9H,1-3H3,(H,16,18)/b14-8+. The molecule has 0 saturated heterocycles. The van der Waals surface area contributed by atoms with Crippen molar-refractivity contribution in [3.63, 3.8) is 0 Å². The van der Waals surface area contributed by atoms with E-state index in [1.54, 1.807) is 10.9 Å². The smallest absolute Gasteiger partial charge is 0.216 e. The van der Waals surface area contributed by atoms with Crippen LogP contribution in [-0.2, 0) is 0 Å². The summed E-state index contributed by atoms with van der Waals surface area (Å²) < 4.78 is 2.11. The quantitative estimate of drug-likeness (QED) is 0.680. The molecule has 0 amide bonds. The Balaban J connectivity index is 2.22. The lowest BCUT2D eigenvalue weighted by Crippen LogP contribution is -1.94. The molecular formula is C13H16N4S. The lowest BCUT2D eigenvalue weighted by atomic mass is 10.0. The highest BCUT2D eigenvalue weighted by atomic mass is 32.1. The van der Waals surface area contributed by atoms with Crippen LogP contribution in [0.25, 0.3) is 0 Å². The van der Waals surface area contributed by atoms with E-state index in [1.807, 2.05) is 6.92 Å². The monoisotopic (exact) mass is 260 g/mol. The maximum absolute atomic E-state index is 5.07. The van der Waals surface area contributed by atoms with E-state index in [0.717, 1.165) is 11.4 Å². The zero-order chi connectivity index (χ0) is 13.1. The Hall–Kier alpha value is -1.75. The van der Waals surface area contributed by atoms with Crippen LogP contribution in [0.2, 0.25) is 0 Å². The topological polar surface area (TPSA) is 46.0 Å². The zero-order valence-electron chi connectivity index (χ0n) is 10.7. The van der Waals surface area contributed by atoms with Crippen LogP contribution in [0.3, 0.4) is 0 Å². The lowest BCUT2D eigenvalue weighted by Gasteiger charge is -2.04. The van der Waals surface area contributed by atoms with Gasteiger partial charge in [-0.05, 0) is 36.2 Å². The minimum absolute atomic E-state index is 0.502. The van der Waals surface area contributed by atoms with Gasteiger partial charge in [0.05, 0.1) is 6.21 Å². The molecule has 0 radical (unpaired) electrons. The van der Waals surface area contributed by atoms with Crippen molar-refractivity contribution in [2.24, 2.45) is 5.10 Å². The van der Waals surface area contributed by atoms with E-state index in [4.69, 9.17) is 12.2 Å². The number of hydrogen-bond acceptors (Lipinski definition) is 3. The maximum Gasteiger partial charge on any atom is 0.216 e. The first-order valence-electron chi connectivity index (χ1n) is 5.86. The molecule has 0 saturated carbocycles. The third-order valence-corrected chi connectivity index (χ3v) is 3.00. The summed E-state index contributed by atoms with van der Waals surface area (Å²) in [5.41, 5.74) is 2.37. The first-order chi connectivity index (χ1) is 8.58. The molecule has 0 spiro atoms. The second-order valence-electron chi connectivity index (χ2n) is 4.45. The summed E-state index contributed by atoms with van der Waals surface area (Å²) in [4.78, 5) is 0. The molecule has 0 fully saturated rings. The van der Waals surface area contributed by atoms with Crippen LogP contribution < -0.4 is 0 Å². The lowest BCUT2D eigenvalue weighted by molar-refractivity contribution is 0.820. The minimum atomic E-state index is 0.502. The Kier molecular flexibility index (Phi) is 3.72. The number of benzene rings is 1. The number of rotatable bonds is 3. The minimum Gasteiger partial charge on any atom is -0.250 e. The van der Waals surface area contributed by atoms with E-state index in [1.165, 1.54) is 5.56 Å². The highest BCUT2D eigenvalue weighted by molar-refractivity contribution is 7.71. The van der Waals surface area contributed by atoms with E-state index in [2.05, 4.69) is 53.4 Å². The number of H-pyrrole nitrogens is 1. The van der Waals surface area contributed by atoms with Gasteiger partial charge in [0.25, 0.3) is 0 Å². The molecule has 18 heavy (non-hydrogen) atoms. The first-order valence-corrected chi connectivity index (χ1v) is 6.27. The van der Waals surface area contributed by atoms with Gasteiger partial charge in [0, 0.05) is 0 Å². The molecular weight excluding hydrogens is 244 g/mol. The molecule has 0 unspecified atom stereocenters. The van der Waals surface area contributed by atoms with E-state index >= 15 is 0 Å². The van der Waals surface area contributed by atoms with E-state index in [0.29, 0.717) is 10.7 Å². The Labute approximate surface area is 111 Å². The van der Waals surface area contributed by atoms with Crippen LogP contribution in [0.1, 0.15) is 36.7 Å². The fourth-order valence-electron chi connectivity index (χ4n) is 1.60.